The molecule has 1 heterocycles. The molecule has 5 rings (SSSR count). The normalized spacial score (nSPS) is 14.8. The van der Waals surface area contributed by atoms with Gasteiger partial charge in [-0.3, -0.25) is 18.6 Å². The Morgan fingerprint density at radius 1 is 0.953 bits per heavy atom. The van der Waals surface area contributed by atoms with Gasteiger partial charge in [0.05, 0.1) is 22.3 Å². The largest absolute Gasteiger partial charge is 0.345 e. The lowest BCUT2D eigenvalue weighted by Crippen LogP contribution is -2.35. The molecule has 1 unspecified atom stereocenters. The molecular weight excluding hydrogens is 607 g/mol. The van der Waals surface area contributed by atoms with Crippen LogP contribution in [-0.2, 0) is 17.1 Å². The van der Waals surface area contributed by atoms with Gasteiger partial charge >= 0.3 is 0 Å². The van der Waals surface area contributed by atoms with Crippen molar-refractivity contribution in [2.75, 3.05) is 11.4 Å². The van der Waals surface area contributed by atoms with Crippen molar-refractivity contribution in [3.8, 4) is 5.69 Å². The molecule has 4 aromatic rings. The molecule has 1 N–H and O–H groups in total. The summed E-state index contributed by atoms with van der Waals surface area (Å²) in [4.78, 5) is 27.0. The van der Waals surface area contributed by atoms with Crippen molar-refractivity contribution in [1.29, 1.82) is 0 Å². The number of carbonyl (C=O) groups excluding carboxylic acids is 1. The van der Waals surface area contributed by atoms with Gasteiger partial charge in [0.1, 0.15) is 5.69 Å². The highest BCUT2D eigenvalue weighted by molar-refractivity contribution is 7.92. The van der Waals surface area contributed by atoms with E-state index in [0.717, 1.165) is 42.0 Å². The molecule has 0 bridgehead atoms. The van der Waals surface area contributed by atoms with E-state index in [0.29, 0.717) is 21.4 Å². The molecule has 1 atom stereocenters. The summed E-state index contributed by atoms with van der Waals surface area (Å²) < 4.78 is 31.7. The first kappa shape index (κ1) is 30.9. The zero-order valence-electron chi connectivity index (χ0n) is 24.3. The van der Waals surface area contributed by atoms with Gasteiger partial charge in [-0.1, -0.05) is 66.7 Å². The Kier molecular flexibility index (Phi) is 9.06. The molecule has 0 radical (unpaired) electrons. The number of para-hydroxylation sites is 1. The van der Waals surface area contributed by atoms with Gasteiger partial charge in [-0.2, -0.15) is 0 Å². The average Bonchev–Trinajstić information content (AvgIpc) is 3.22. The molecule has 43 heavy (non-hydrogen) atoms. The molecule has 3 aromatic carbocycles. The van der Waals surface area contributed by atoms with Gasteiger partial charge in [0, 0.05) is 29.7 Å². The highest BCUT2D eigenvalue weighted by Gasteiger charge is 2.31. The third-order valence-corrected chi connectivity index (χ3v) is 10.4. The number of anilines is 1. The number of amides is 1. The van der Waals surface area contributed by atoms with Crippen LogP contribution >= 0.6 is 23.2 Å². The van der Waals surface area contributed by atoms with E-state index < -0.39 is 21.5 Å². The van der Waals surface area contributed by atoms with Gasteiger partial charge in [-0.05, 0) is 79.8 Å². The van der Waals surface area contributed by atoms with Crippen molar-refractivity contribution in [3.05, 3.63) is 110 Å². The van der Waals surface area contributed by atoms with Crippen LogP contribution in [0.3, 0.4) is 0 Å². The first-order chi connectivity index (χ1) is 20.5. The summed E-state index contributed by atoms with van der Waals surface area (Å²) in [5.74, 6) is -0.216. The number of benzene rings is 3. The highest BCUT2D eigenvalue weighted by atomic mass is 35.5. The lowest BCUT2D eigenvalue weighted by molar-refractivity contribution is 0.0912. The molecule has 0 spiro atoms. The monoisotopic (exact) mass is 640 g/mol. The summed E-state index contributed by atoms with van der Waals surface area (Å²) in [5, 5.41) is 4.10. The zero-order chi connectivity index (χ0) is 30.9. The molecule has 1 fully saturated rings. The maximum Gasteiger partial charge on any atom is 0.296 e. The van der Waals surface area contributed by atoms with E-state index in [1.807, 2.05) is 18.2 Å². The van der Waals surface area contributed by atoms with E-state index in [4.69, 9.17) is 23.2 Å². The molecule has 1 aliphatic carbocycles. The van der Waals surface area contributed by atoms with Crippen LogP contribution in [-0.4, -0.2) is 30.7 Å². The fourth-order valence-electron chi connectivity index (χ4n) is 5.91. The summed E-state index contributed by atoms with van der Waals surface area (Å²) in [5.41, 5.74) is 1.65. The van der Waals surface area contributed by atoms with Gasteiger partial charge in [0.15, 0.2) is 0 Å². The Morgan fingerprint density at radius 3 is 2.26 bits per heavy atom. The number of rotatable bonds is 8. The van der Waals surface area contributed by atoms with Crippen LogP contribution in [0.25, 0.3) is 5.69 Å². The third kappa shape index (κ3) is 6.25. The van der Waals surface area contributed by atoms with Crippen LogP contribution in [0, 0.1) is 12.8 Å². The maximum atomic E-state index is 13.8. The minimum Gasteiger partial charge on any atom is -0.345 e. The fourth-order valence-corrected chi connectivity index (χ4v) is 7.75. The van der Waals surface area contributed by atoms with Crippen molar-refractivity contribution in [2.24, 2.45) is 13.0 Å². The van der Waals surface area contributed by atoms with Crippen molar-refractivity contribution < 1.29 is 13.2 Å². The third-order valence-electron chi connectivity index (χ3n) is 8.25. The summed E-state index contributed by atoms with van der Waals surface area (Å²) >= 11 is 12.6. The van der Waals surface area contributed by atoms with Crippen LogP contribution in [0.5, 0.6) is 0 Å². The van der Waals surface area contributed by atoms with Crippen LogP contribution in [0.15, 0.2) is 82.5 Å². The second kappa shape index (κ2) is 12.6. The predicted octanol–water partition coefficient (Wildman–Crippen LogP) is 6.67. The minimum atomic E-state index is -4.20. The Morgan fingerprint density at radius 2 is 1.60 bits per heavy atom. The number of hydrogen-bond acceptors (Lipinski definition) is 4. The zero-order valence-corrected chi connectivity index (χ0v) is 26.6. The second-order valence-electron chi connectivity index (χ2n) is 11.0. The number of nitrogens with one attached hydrogen (secondary N) is 1. The Balaban J connectivity index is 1.46. The van der Waals surface area contributed by atoms with E-state index in [2.05, 4.69) is 5.32 Å². The summed E-state index contributed by atoms with van der Waals surface area (Å²) in [6, 6.07) is 19.8. The van der Waals surface area contributed by atoms with Crippen molar-refractivity contribution >= 4 is 44.8 Å². The van der Waals surface area contributed by atoms with Crippen molar-refractivity contribution in [1.82, 2.24) is 14.7 Å². The molecule has 11 heteroatoms. The Labute approximate surface area is 261 Å². The number of hydrogen-bond donors (Lipinski definition) is 1. The van der Waals surface area contributed by atoms with Gasteiger partial charge in [-0.15, -0.1) is 0 Å². The topological polar surface area (TPSA) is 93.4 Å². The molecular formula is C32H34Cl2N4O4S. The molecule has 226 valence electrons. The average molecular weight is 642 g/mol. The first-order valence-corrected chi connectivity index (χ1v) is 16.4. The van der Waals surface area contributed by atoms with Crippen LogP contribution in [0.2, 0.25) is 10.0 Å². The molecule has 1 amide bonds. The van der Waals surface area contributed by atoms with Crippen LogP contribution < -0.4 is 15.2 Å². The van der Waals surface area contributed by atoms with E-state index in [1.165, 1.54) is 29.9 Å². The standard InChI is InChI=1S/C32H34Cl2N4O4S/c1-21-30(32(40)38(36(21)2)27-14-8-5-9-15-27)37(3)43(41,42)28-16-10-13-23(19-28)31(39)35-29(22-11-6-4-7-12-22)24-17-25(33)20-26(34)18-24/h5,8-10,13-20,22,29H,4,6-7,11-12H2,1-3H3,(H,35,39). The van der Waals surface area contributed by atoms with Crippen LogP contribution in [0.4, 0.5) is 5.69 Å². The second-order valence-corrected chi connectivity index (χ2v) is 13.8. The number of aromatic nitrogens is 2. The van der Waals surface area contributed by atoms with Crippen molar-refractivity contribution in [2.45, 2.75) is 50.0 Å². The van der Waals surface area contributed by atoms with E-state index in [9.17, 15) is 18.0 Å². The number of halogens is 2. The summed E-state index contributed by atoms with van der Waals surface area (Å²) in [6.45, 7) is 1.69. The lowest BCUT2D eigenvalue weighted by Gasteiger charge is -2.31. The lowest BCUT2D eigenvalue weighted by atomic mass is 9.81. The molecule has 1 aromatic heterocycles. The van der Waals surface area contributed by atoms with E-state index >= 15 is 0 Å². The number of sulfonamides is 1. The molecule has 0 saturated heterocycles. The molecule has 1 aliphatic rings. The Bertz CT molecular complexity index is 1790. The number of nitrogens with zero attached hydrogens (tertiary/aromatic N) is 3. The van der Waals surface area contributed by atoms with Crippen molar-refractivity contribution in [3.63, 3.8) is 0 Å². The van der Waals surface area contributed by atoms with E-state index in [-0.39, 0.29) is 28.1 Å². The smallest absolute Gasteiger partial charge is 0.296 e. The number of carbonyl (C=O) groups is 1. The quantitative estimate of drug-likeness (QED) is 0.233. The highest BCUT2D eigenvalue weighted by Crippen LogP contribution is 2.36. The van der Waals surface area contributed by atoms with Gasteiger partial charge < -0.3 is 5.32 Å². The molecule has 1 saturated carbocycles. The van der Waals surface area contributed by atoms with Gasteiger partial charge in [-0.25, -0.2) is 13.1 Å². The summed E-state index contributed by atoms with van der Waals surface area (Å²) in [7, 11) is -1.15. The molecule has 0 aliphatic heterocycles. The van der Waals surface area contributed by atoms with Gasteiger partial charge in [0.2, 0.25) is 0 Å². The Hall–Kier alpha value is -3.53. The fraction of sp³-hybridized carbons (Fsp3) is 0.312. The summed E-state index contributed by atoms with van der Waals surface area (Å²) in [6.07, 6.45) is 5.18. The van der Waals surface area contributed by atoms with Crippen LogP contribution in [0.1, 0.15) is 59.8 Å². The predicted molar refractivity (Wildman–Crippen MR) is 171 cm³/mol. The SMILES string of the molecule is Cc1c(N(C)S(=O)(=O)c2cccc(C(=O)NC(c3cc(Cl)cc(Cl)c3)C3CCCCC3)c2)c(=O)n(-c2ccccc2)n1C. The van der Waals surface area contributed by atoms with Gasteiger partial charge in [0.25, 0.3) is 21.5 Å². The maximum absolute atomic E-state index is 13.8. The minimum absolute atomic E-state index is 0.0244. The van der Waals surface area contributed by atoms with E-state index in [1.54, 1.807) is 55.1 Å². The molecule has 8 nitrogen and oxygen atoms in total. The first-order valence-electron chi connectivity index (χ1n) is 14.2.